The largest absolute Gasteiger partial charge is 0.350 e. The molecule has 0 saturated heterocycles. The number of nitrogens with two attached hydrogens (primary N) is 1. The molecular weight excluding hydrogens is 201 g/mol. The molecule has 80 valence electrons. The number of aryl methyl sites for hydroxylation is 1. The van der Waals surface area contributed by atoms with Crippen molar-refractivity contribution in [3.63, 3.8) is 0 Å². The van der Waals surface area contributed by atoms with Gasteiger partial charge in [0, 0.05) is 5.56 Å². The van der Waals surface area contributed by atoms with Crippen molar-refractivity contribution in [2.75, 3.05) is 0 Å². The first-order valence-corrected chi connectivity index (χ1v) is 4.12. The second-order valence-electron chi connectivity index (χ2n) is 2.96. The number of carbonyl (C=O) groups is 2. The van der Waals surface area contributed by atoms with Crippen molar-refractivity contribution in [3.05, 3.63) is 35.1 Å². The molecule has 0 saturated carbocycles. The minimum atomic E-state index is -0.892. The smallest absolute Gasteiger partial charge is 0.330 e. The maximum atomic E-state index is 12.9. The number of rotatable bonds is 1. The van der Waals surface area contributed by atoms with Gasteiger partial charge in [0.2, 0.25) is 0 Å². The van der Waals surface area contributed by atoms with Gasteiger partial charge in [0.15, 0.2) is 0 Å². The van der Waals surface area contributed by atoms with Crippen molar-refractivity contribution >= 4 is 11.9 Å². The fraction of sp³-hybridized carbons (Fsp3) is 0.111. The summed E-state index contributed by atoms with van der Waals surface area (Å²) in [5.74, 6) is -1.14. The number of hydrazine groups is 1. The van der Waals surface area contributed by atoms with Crippen molar-refractivity contribution in [2.24, 2.45) is 5.73 Å². The summed E-state index contributed by atoms with van der Waals surface area (Å²) in [4.78, 5) is 21.6. The number of benzene rings is 1. The lowest BCUT2D eigenvalue weighted by Crippen LogP contribution is -2.44. The Hall–Kier alpha value is -2.11. The average Bonchev–Trinajstić information content (AvgIpc) is 2.12. The van der Waals surface area contributed by atoms with E-state index in [-0.39, 0.29) is 5.56 Å². The maximum absolute atomic E-state index is 12.9. The van der Waals surface area contributed by atoms with Gasteiger partial charge in [-0.3, -0.25) is 10.2 Å². The van der Waals surface area contributed by atoms with Gasteiger partial charge in [-0.25, -0.2) is 14.6 Å². The monoisotopic (exact) mass is 211 g/mol. The molecule has 6 heteroatoms. The van der Waals surface area contributed by atoms with Gasteiger partial charge in [0.1, 0.15) is 5.82 Å². The summed E-state index contributed by atoms with van der Waals surface area (Å²) in [6.07, 6.45) is 0. The van der Waals surface area contributed by atoms with Crippen LogP contribution in [0.15, 0.2) is 18.2 Å². The Morgan fingerprint density at radius 3 is 2.47 bits per heavy atom. The van der Waals surface area contributed by atoms with Crippen LogP contribution in [-0.2, 0) is 0 Å². The first-order valence-electron chi connectivity index (χ1n) is 4.12. The number of urea groups is 1. The highest BCUT2D eigenvalue weighted by Gasteiger charge is 2.07. The van der Waals surface area contributed by atoms with Crippen molar-refractivity contribution in [1.29, 1.82) is 0 Å². The van der Waals surface area contributed by atoms with E-state index in [9.17, 15) is 14.0 Å². The van der Waals surface area contributed by atoms with E-state index in [1.165, 1.54) is 12.1 Å². The van der Waals surface area contributed by atoms with Gasteiger partial charge >= 0.3 is 6.03 Å². The van der Waals surface area contributed by atoms with Crippen molar-refractivity contribution < 1.29 is 14.0 Å². The number of primary amides is 1. The van der Waals surface area contributed by atoms with Gasteiger partial charge in [0.25, 0.3) is 5.91 Å². The van der Waals surface area contributed by atoms with Crippen LogP contribution in [0, 0.1) is 12.7 Å². The molecular formula is C9H10FN3O2. The zero-order valence-corrected chi connectivity index (χ0v) is 8.00. The Morgan fingerprint density at radius 1 is 1.27 bits per heavy atom. The van der Waals surface area contributed by atoms with Crippen molar-refractivity contribution in [2.45, 2.75) is 6.92 Å². The third kappa shape index (κ3) is 3.26. The van der Waals surface area contributed by atoms with E-state index in [4.69, 9.17) is 5.73 Å². The summed E-state index contributed by atoms with van der Waals surface area (Å²) in [7, 11) is 0. The molecule has 0 unspecified atom stereocenters. The molecule has 4 N–H and O–H groups in total. The van der Waals surface area contributed by atoms with Gasteiger partial charge in [-0.2, -0.15) is 0 Å². The fourth-order valence-corrected chi connectivity index (χ4v) is 1.06. The van der Waals surface area contributed by atoms with Crippen LogP contribution in [0.2, 0.25) is 0 Å². The average molecular weight is 211 g/mol. The first kappa shape index (κ1) is 11.0. The number of hydrogen-bond donors (Lipinski definition) is 3. The number of carbonyl (C=O) groups excluding carboxylic acids is 2. The zero-order chi connectivity index (χ0) is 11.4. The van der Waals surface area contributed by atoms with Crippen molar-refractivity contribution in [3.8, 4) is 0 Å². The van der Waals surface area contributed by atoms with Gasteiger partial charge in [-0.05, 0) is 30.7 Å². The second kappa shape index (κ2) is 4.41. The molecule has 0 bridgehead atoms. The van der Waals surface area contributed by atoms with Crippen LogP contribution in [0.3, 0.4) is 0 Å². The molecule has 15 heavy (non-hydrogen) atoms. The number of hydrogen-bond acceptors (Lipinski definition) is 2. The lowest BCUT2D eigenvalue weighted by molar-refractivity contribution is 0.0937. The minimum absolute atomic E-state index is 0.112. The molecule has 0 heterocycles. The Kier molecular flexibility index (Phi) is 3.22. The number of amides is 3. The summed E-state index contributed by atoms with van der Waals surface area (Å²) >= 11 is 0. The van der Waals surface area contributed by atoms with Gasteiger partial charge < -0.3 is 5.73 Å². The van der Waals surface area contributed by atoms with Gasteiger partial charge in [-0.15, -0.1) is 0 Å². The molecule has 0 fully saturated rings. The summed E-state index contributed by atoms with van der Waals surface area (Å²) in [6, 6.07) is 2.95. The topological polar surface area (TPSA) is 84.2 Å². The van der Waals surface area contributed by atoms with Crippen LogP contribution in [0.25, 0.3) is 0 Å². The third-order valence-corrected chi connectivity index (χ3v) is 1.60. The predicted molar refractivity (Wildman–Crippen MR) is 51.3 cm³/mol. The van der Waals surface area contributed by atoms with E-state index >= 15 is 0 Å². The van der Waals surface area contributed by atoms with Crippen LogP contribution in [0.5, 0.6) is 0 Å². The molecule has 0 radical (unpaired) electrons. The van der Waals surface area contributed by atoms with E-state index in [1.807, 2.05) is 10.9 Å². The summed E-state index contributed by atoms with van der Waals surface area (Å²) < 4.78 is 12.9. The Morgan fingerprint density at radius 2 is 1.93 bits per heavy atom. The normalized spacial score (nSPS) is 9.47. The minimum Gasteiger partial charge on any atom is -0.350 e. The molecule has 0 aliphatic carbocycles. The standard InChI is InChI=1S/C9H10FN3O2/c1-5-2-6(4-7(10)3-5)8(14)12-13-9(11)15/h2-4H,1H3,(H,12,14)(H3,11,13,15). The molecule has 0 aromatic heterocycles. The highest BCUT2D eigenvalue weighted by Crippen LogP contribution is 2.07. The van der Waals surface area contributed by atoms with Crippen LogP contribution in [-0.4, -0.2) is 11.9 Å². The lowest BCUT2D eigenvalue weighted by atomic mass is 10.1. The number of halogens is 1. The second-order valence-corrected chi connectivity index (χ2v) is 2.96. The van der Waals surface area contributed by atoms with E-state index in [0.717, 1.165) is 6.07 Å². The molecule has 0 aliphatic rings. The molecule has 0 atom stereocenters. The number of nitrogens with one attached hydrogen (secondary N) is 2. The Balaban J connectivity index is 2.77. The maximum Gasteiger partial charge on any atom is 0.330 e. The quantitative estimate of drug-likeness (QED) is 0.589. The van der Waals surface area contributed by atoms with Crippen LogP contribution >= 0.6 is 0 Å². The Labute approximate surface area is 85.4 Å². The summed E-state index contributed by atoms with van der Waals surface area (Å²) in [5, 5.41) is 0. The predicted octanol–water partition coefficient (Wildman–Crippen LogP) is 0.447. The molecule has 1 rings (SSSR count). The Bertz CT molecular complexity index is 386. The van der Waals surface area contributed by atoms with E-state index in [1.54, 1.807) is 6.92 Å². The SMILES string of the molecule is Cc1cc(F)cc(C(=O)NNC(N)=O)c1. The van der Waals surface area contributed by atoms with Crippen LogP contribution < -0.4 is 16.6 Å². The highest BCUT2D eigenvalue weighted by atomic mass is 19.1. The molecule has 1 aromatic rings. The molecule has 5 nitrogen and oxygen atoms in total. The molecule has 0 aliphatic heterocycles. The molecule has 3 amide bonds. The van der Waals surface area contributed by atoms with Gasteiger partial charge in [-0.1, -0.05) is 0 Å². The third-order valence-electron chi connectivity index (χ3n) is 1.60. The molecule has 0 spiro atoms. The summed E-state index contributed by atoms with van der Waals surface area (Å²) in [6.45, 7) is 1.65. The van der Waals surface area contributed by atoms with E-state index < -0.39 is 17.8 Å². The van der Waals surface area contributed by atoms with E-state index in [2.05, 4.69) is 0 Å². The van der Waals surface area contributed by atoms with Crippen molar-refractivity contribution in [1.82, 2.24) is 10.9 Å². The van der Waals surface area contributed by atoms with Crippen LogP contribution in [0.4, 0.5) is 9.18 Å². The summed E-state index contributed by atoms with van der Waals surface area (Å²) in [5.41, 5.74) is 9.38. The van der Waals surface area contributed by atoms with Gasteiger partial charge in [0.05, 0.1) is 0 Å². The van der Waals surface area contributed by atoms with Crippen LogP contribution in [0.1, 0.15) is 15.9 Å². The fourth-order valence-electron chi connectivity index (χ4n) is 1.06. The van der Waals surface area contributed by atoms with E-state index in [0.29, 0.717) is 5.56 Å². The lowest BCUT2D eigenvalue weighted by Gasteiger charge is -2.05. The zero-order valence-electron chi connectivity index (χ0n) is 8.00. The molecule has 1 aromatic carbocycles. The highest BCUT2D eigenvalue weighted by molar-refractivity contribution is 5.95. The first-order chi connectivity index (χ1) is 6.99.